The van der Waals surface area contributed by atoms with Gasteiger partial charge >= 0.3 is 5.97 Å². The van der Waals surface area contributed by atoms with Gasteiger partial charge in [-0.1, -0.05) is 35.5 Å². The van der Waals surface area contributed by atoms with E-state index >= 15 is 0 Å². The highest BCUT2D eigenvalue weighted by Gasteiger charge is 2.51. The van der Waals surface area contributed by atoms with Crippen LogP contribution in [0.1, 0.15) is 24.0 Å². The number of carbonyl (C=O) groups excluding carboxylic acids is 2. The van der Waals surface area contributed by atoms with Crippen molar-refractivity contribution in [1.29, 1.82) is 0 Å². The van der Waals surface area contributed by atoms with E-state index in [-0.39, 0.29) is 24.5 Å². The maximum absolute atomic E-state index is 13.5. The third-order valence-corrected chi connectivity index (χ3v) is 7.59. The number of piperidine rings is 3. The number of nitrogens with one attached hydrogen (secondary N) is 1. The topological polar surface area (TPSA) is 102 Å². The summed E-state index contributed by atoms with van der Waals surface area (Å²) in [6.07, 6.45) is 2.80. The lowest BCUT2D eigenvalue weighted by atomic mass is 9.82. The highest BCUT2D eigenvalue weighted by Crippen LogP contribution is 2.38. The number of carbonyl (C=O) groups is 2. The Hall–Kier alpha value is -3.01. The van der Waals surface area contributed by atoms with Crippen molar-refractivity contribution in [2.45, 2.75) is 24.5 Å². The number of amides is 1. The van der Waals surface area contributed by atoms with Gasteiger partial charge in [-0.2, -0.15) is 11.3 Å². The third-order valence-electron chi connectivity index (χ3n) is 6.91. The second kappa shape index (κ2) is 8.74. The first kappa shape index (κ1) is 21.8. The van der Waals surface area contributed by atoms with Crippen molar-refractivity contribution < 1.29 is 28.4 Å². The van der Waals surface area contributed by atoms with Crippen LogP contribution in [-0.4, -0.2) is 58.9 Å². The van der Waals surface area contributed by atoms with Crippen LogP contribution in [0.25, 0.3) is 0 Å². The van der Waals surface area contributed by atoms with Crippen LogP contribution in [0.3, 0.4) is 0 Å². The number of benzene rings is 1. The van der Waals surface area contributed by atoms with Crippen molar-refractivity contribution in [1.82, 2.24) is 5.16 Å². The molecule has 2 N–H and O–H groups in total. The molecular weight excluding hydrogens is 442 g/mol. The molecule has 0 spiro atoms. The van der Waals surface area contributed by atoms with Crippen LogP contribution in [0.15, 0.2) is 64.0 Å². The Morgan fingerprint density at radius 3 is 2.64 bits per heavy atom. The molecule has 3 saturated heterocycles. The van der Waals surface area contributed by atoms with Gasteiger partial charge in [0, 0.05) is 30.4 Å². The zero-order chi connectivity index (χ0) is 22.9. The molecule has 1 aromatic carbocycles. The Bertz CT molecular complexity index is 1090. The van der Waals surface area contributed by atoms with Gasteiger partial charge < -0.3 is 24.2 Å². The van der Waals surface area contributed by atoms with Gasteiger partial charge in [0.2, 0.25) is 5.60 Å². The molecule has 3 fully saturated rings. The van der Waals surface area contributed by atoms with Gasteiger partial charge in [0.05, 0.1) is 13.1 Å². The molecule has 1 amide bonds. The zero-order valence-corrected chi connectivity index (χ0v) is 18.9. The molecule has 33 heavy (non-hydrogen) atoms. The van der Waals surface area contributed by atoms with Gasteiger partial charge in [0.15, 0.2) is 18.5 Å². The molecule has 2 atom stereocenters. The lowest BCUT2D eigenvalue weighted by Crippen LogP contribution is -2.66. The maximum atomic E-state index is 13.5. The molecule has 3 aliphatic rings. The number of fused-ring (bicyclic) bond motifs is 3. The van der Waals surface area contributed by atoms with Crippen molar-refractivity contribution in [2.24, 2.45) is 5.92 Å². The molecule has 9 heteroatoms. The average Bonchev–Trinajstić information content (AvgIpc) is 3.54. The summed E-state index contributed by atoms with van der Waals surface area (Å²) in [7, 11) is 0. The fourth-order valence-corrected chi connectivity index (χ4v) is 5.82. The van der Waals surface area contributed by atoms with Crippen molar-refractivity contribution in [2.75, 3.05) is 31.5 Å². The highest BCUT2D eigenvalue weighted by atomic mass is 32.1. The lowest BCUT2D eigenvalue weighted by Gasteiger charge is -2.51. The standard InChI is InChI=1S/C24H25N3O5S/c28-22(25-21-8-12-31-26-21)15-27-10-6-17(7-11-27)20(14-27)32-23(29)24(30,19-9-13-33-16-19)18-4-2-1-3-5-18/h1-5,8-9,12-13,16-17,20,30H,6-7,10-11,14-15H2/p+1/t17?,20?,24-,27?/m1/s1. The summed E-state index contributed by atoms with van der Waals surface area (Å²) < 4.78 is 11.4. The number of hydrogen-bond acceptors (Lipinski definition) is 7. The fourth-order valence-electron chi connectivity index (χ4n) is 5.12. The summed E-state index contributed by atoms with van der Waals surface area (Å²) in [5.41, 5.74) is -0.894. The van der Waals surface area contributed by atoms with Gasteiger partial charge in [-0.3, -0.25) is 4.79 Å². The average molecular weight is 469 g/mol. The van der Waals surface area contributed by atoms with E-state index < -0.39 is 11.6 Å². The van der Waals surface area contributed by atoms with Crippen LogP contribution in [0.5, 0.6) is 0 Å². The largest absolute Gasteiger partial charge is 0.453 e. The van der Waals surface area contributed by atoms with Gasteiger partial charge in [0.1, 0.15) is 12.8 Å². The van der Waals surface area contributed by atoms with Crippen LogP contribution in [0.2, 0.25) is 0 Å². The smallest absolute Gasteiger partial charge is 0.348 e. The molecule has 0 saturated carbocycles. The summed E-state index contributed by atoms with van der Waals surface area (Å²) in [6, 6.07) is 12.2. The molecule has 0 radical (unpaired) electrons. The molecule has 0 aliphatic carbocycles. The van der Waals surface area contributed by atoms with Crippen LogP contribution < -0.4 is 5.32 Å². The summed E-state index contributed by atoms with van der Waals surface area (Å²) in [5, 5.41) is 21.7. The van der Waals surface area contributed by atoms with Gasteiger partial charge in [-0.15, -0.1) is 0 Å². The van der Waals surface area contributed by atoms with Crippen molar-refractivity contribution in [3.05, 3.63) is 70.6 Å². The molecule has 1 unspecified atom stereocenters. The molecule has 8 nitrogen and oxygen atoms in total. The Morgan fingerprint density at radius 2 is 1.97 bits per heavy atom. The Labute approximate surface area is 195 Å². The molecule has 2 bridgehead atoms. The molecule has 6 rings (SSSR count). The van der Waals surface area contributed by atoms with E-state index in [9.17, 15) is 14.7 Å². The zero-order valence-electron chi connectivity index (χ0n) is 18.1. The minimum Gasteiger partial charge on any atom is -0.453 e. The predicted molar refractivity (Wildman–Crippen MR) is 121 cm³/mol. The summed E-state index contributed by atoms with van der Waals surface area (Å²) in [5.74, 6) is -0.198. The highest BCUT2D eigenvalue weighted by molar-refractivity contribution is 7.08. The Kier molecular flexibility index (Phi) is 5.77. The SMILES string of the molecule is O=C(C[N+]12CCC(CC1)C(OC(=O)[C@@](O)(c1ccccc1)c1ccsc1)C2)Nc1ccon1. The Morgan fingerprint density at radius 1 is 1.18 bits per heavy atom. The number of aromatic nitrogens is 1. The number of ether oxygens (including phenoxy) is 1. The van der Waals surface area contributed by atoms with Crippen LogP contribution >= 0.6 is 11.3 Å². The Balaban J connectivity index is 1.33. The maximum Gasteiger partial charge on any atom is 0.348 e. The van der Waals surface area contributed by atoms with Crippen LogP contribution in [0.4, 0.5) is 5.82 Å². The van der Waals surface area contributed by atoms with Crippen molar-refractivity contribution in [3.63, 3.8) is 0 Å². The van der Waals surface area contributed by atoms with Gasteiger partial charge in [0.25, 0.3) is 5.91 Å². The van der Waals surface area contributed by atoms with Crippen LogP contribution in [-0.2, 0) is 19.9 Å². The number of nitrogens with zero attached hydrogens (tertiary/aromatic N) is 2. The molecule has 5 heterocycles. The molecule has 2 aromatic heterocycles. The van der Waals surface area contributed by atoms with Gasteiger partial charge in [-0.05, 0) is 22.4 Å². The van der Waals surface area contributed by atoms with E-state index in [1.54, 1.807) is 41.8 Å². The quantitative estimate of drug-likeness (QED) is 0.408. The predicted octanol–water partition coefficient (Wildman–Crippen LogP) is 2.76. The van der Waals surface area contributed by atoms with Crippen LogP contribution in [0, 0.1) is 5.92 Å². The first-order chi connectivity index (χ1) is 16.0. The normalized spacial score (nSPS) is 25.8. The van der Waals surface area contributed by atoms with E-state index in [0.717, 1.165) is 25.9 Å². The van der Waals surface area contributed by atoms with E-state index in [2.05, 4.69) is 10.5 Å². The number of anilines is 1. The van der Waals surface area contributed by atoms with E-state index in [4.69, 9.17) is 9.26 Å². The van der Waals surface area contributed by atoms with E-state index in [1.165, 1.54) is 17.6 Å². The number of quaternary nitrogens is 1. The number of thiophene rings is 1. The second-order valence-electron chi connectivity index (χ2n) is 8.93. The second-order valence-corrected chi connectivity index (χ2v) is 9.71. The number of hydrogen-bond donors (Lipinski definition) is 2. The molecular formula is C24H26N3O5S+. The molecule has 3 aliphatic heterocycles. The first-order valence-corrected chi connectivity index (χ1v) is 12.0. The van der Waals surface area contributed by atoms with Crippen molar-refractivity contribution in [3.8, 4) is 0 Å². The number of aliphatic hydroxyl groups is 1. The number of rotatable bonds is 7. The molecule has 3 aromatic rings. The monoisotopic (exact) mass is 468 g/mol. The summed E-state index contributed by atoms with van der Waals surface area (Å²) in [6.45, 7) is 2.55. The first-order valence-electron chi connectivity index (χ1n) is 11.1. The van der Waals surface area contributed by atoms with E-state index in [1.807, 2.05) is 11.4 Å². The fraction of sp³-hybridized carbons (Fsp3) is 0.375. The third kappa shape index (κ3) is 4.19. The minimum atomic E-state index is -1.87. The van der Waals surface area contributed by atoms with Gasteiger partial charge in [-0.25, -0.2) is 4.79 Å². The van der Waals surface area contributed by atoms with E-state index in [0.29, 0.717) is 28.0 Å². The van der Waals surface area contributed by atoms with Crippen molar-refractivity contribution >= 4 is 29.0 Å². The summed E-state index contributed by atoms with van der Waals surface area (Å²) >= 11 is 1.42. The molecule has 172 valence electrons. The minimum absolute atomic E-state index is 0.145. The number of esters is 1. The summed E-state index contributed by atoms with van der Waals surface area (Å²) in [4.78, 5) is 26.1. The lowest BCUT2D eigenvalue weighted by molar-refractivity contribution is -0.939.